The second-order valence-corrected chi connectivity index (χ2v) is 13.3. The molecule has 3 heteroatoms. The van der Waals surface area contributed by atoms with Crippen LogP contribution in [-0.2, 0) is 0 Å². The number of nitrogens with zero attached hydrogens (tertiary/aromatic N) is 3. The van der Waals surface area contributed by atoms with Gasteiger partial charge < -0.3 is 0 Å². The molecule has 254 valence electrons. The van der Waals surface area contributed by atoms with E-state index in [0.717, 1.165) is 44.5 Å². The normalized spacial score (nSPS) is 11.0. The topological polar surface area (TPSA) is 38.7 Å². The summed E-state index contributed by atoms with van der Waals surface area (Å²) in [7, 11) is 0. The number of aromatic nitrogens is 3. The zero-order valence-electron chi connectivity index (χ0n) is 29.5. The highest BCUT2D eigenvalue weighted by molar-refractivity contribution is 5.82. The van der Waals surface area contributed by atoms with Gasteiger partial charge in [-0.15, -0.1) is 0 Å². The molecule has 0 amide bonds. The van der Waals surface area contributed by atoms with Crippen molar-refractivity contribution in [1.82, 2.24) is 15.0 Å². The van der Waals surface area contributed by atoms with Crippen molar-refractivity contribution < 1.29 is 0 Å². The summed E-state index contributed by atoms with van der Waals surface area (Å²) in [5.41, 5.74) is 14.4. The third kappa shape index (κ3) is 6.87. The quantitative estimate of drug-likeness (QED) is 0.159. The van der Waals surface area contributed by atoms with Crippen LogP contribution in [0, 0.1) is 0 Å². The van der Waals surface area contributed by atoms with E-state index in [1.807, 2.05) is 18.2 Å². The van der Waals surface area contributed by atoms with Crippen molar-refractivity contribution in [3.8, 4) is 89.8 Å². The van der Waals surface area contributed by atoms with Crippen LogP contribution < -0.4 is 0 Å². The lowest BCUT2D eigenvalue weighted by atomic mass is 9.96. The van der Waals surface area contributed by atoms with Gasteiger partial charge in [-0.25, -0.2) is 15.0 Å². The predicted octanol–water partition coefficient (Wildman–Crippen LogP) is 13.2. The minimum Gasteiger partial charge on any atom is -0.208 e. The number of hydrogen-bond acceptors (Lipinski definition) is 3. The van der Waals surface area contributed by atoms with E-state index >= 15 is 0 Å². The van der Waals surface area contributed by atoms with E-state index in [4.69, 9.17) is 15.0 Å². The Morgan fingerprint density at radius 2 is 0.481 bits per heavy atom. The molecular formula is C51H35N3. The molecule has 0 N–H and O–H groups in total. The average Bonchev–Trinajstić information content (AvgIpc) is 3.27. The lowest BCUT2D eigenvalue weighted by Gasteiger charge is -2.13. The van der Waals surface area contributed by atoms with E-state index in [-0.39, 0.29) is 0 Å². The van der Waals surface area contributed by atoms with Crippen molar-refractivity contribution in [2.45, 2.75) is 0 Å². The lowest BCUT2D eigenvalue weighted by molar-refractivity contribution is 1.07. The van der Waals surface area contributed by atoms with Gasteiger partial charge in [0.25, 0.3) is 0 Å². The molecule has 0 unspecified atom stereocenters. The average molecular weight is 690 g/mol. The molecule has 0 aliphatic rings. The van der Waals surface area contributed by atoms with Gasteiger partial charge in [-0.2, -0.15) is 0 Å². The SMILES string of the molecule is c1ccc(-c2ccc(-c3nc(-c4ccc(-c5cccc(-c6cccc(-c7ccccc7)c6)c5)cc4)nc(-c4ccccc4-c4ccccc4)n3)cc2)cc1. The highest BCUT2D eigenvalue weighted by Crippen LogP contribution is 2.34. The summed E-state index contributed by atoms with van der Waals surface area (Å²) in [4.78, 5) is 15.3. The molecule has 8 aromatic carbocycles. The standard InChI is InChI=1S/C51H35N3/c1-4-14-36(15-5-1)38-26-30-41(31-27-38)49-52-50(54-51(53-49)48-25-11-10-24-47(48)40-18-8-3-9-19-40)42-32-28-39(29-33-42)44-21-13-23-46(35-44)45-22-12-20-43(34-45)37-16-6-2-7-17-37/h1-35H. The molecule has 9 rings (SSSR count). The minimum absolute atomic E-state index is 0.628. The second kappa shape index (κ2) is 14.8. The summed E-state index contributed by atoms with van der Waals surface area (Å²) in [6.45, 7) is 0. The Kier molecular flexibility index (Phi) is 8.94. The molecule has 0 atom stereocenters. The van der Waals surface area contributed by atoms with Gasteiger partial charge in [-0.05, 0) is 67.8 Å². The molecule has 0 saturated heterocycles. The lowest BCUT2D eigenvalue weighted by Crippen LogP contribution is -2.01. The Balaban J connectivity index is 1.09. The molecule has 0 aliphatic carbocycles. The first-order valence-corrected chi connectivity index (χ1v) is 18.2. The summed E-state index contributed by atoms with van der Waals surface area (Å²) in [6.07, 6.45) is 0. The van der Waals surface area contributed by atoms with Gasteiger partial charge in [0.2, 0.25) is 0 Å². The predicted molar refractivity (Wildman–Crippen MR) is 223 cm³/mol. The van der Waals surface area contributed by atoms with Crippen LogP contribution in [0.15, 0.2) is 212 Å². The van der Waals surface area contributed by atoms with Gasteiger partial charge in [0.15, 0.2) is 17.5 Å². The fraction of sp³-hybridized carbons (Fsp3) is 0. The van der Waals surface area contributed by atoms with Crippen LogP contribution in [0.1, 0.15) is 0 Å². The van der Waals surface area contributed by atoms with E-state index in [9.17, 15) is 0 Å². The molecular weight excluding hydrogens is 655 g/mol. The van der Waals surface area contributed by atoms with Crippen molar-refractivity contribution in [3.05, 3.63) is 212 Å². The Morgan fingerprint density at radius 3 is 0.963 bits per heavy atom. The maximum absolute atomic E-state index is 5.12. The summed E-state index contributed by atoms with van der Waals surface area (Å²) in [5, 5.41) is 0. The smallest absolute Gasteiger partial charge is 0.164 e. The molecule has 0 spiro atoms. The third-order valence-electron chi connectivity index (χ3n) is 9.78. The molecule has 0 fully saturated rings. The van der Waals surface area contributed by atoms with E-state index in [1.54, 1.807) is 0 Å². The summed E-state index contributed by atoms with van der Waals surface area (Å²) in [5.74, 6) is 1.89. The monoisotopic (exact) mass is 689 g/mol. The molecule has 1 aromatic heterocycles. The summed E-state index contributed by atoms with van der Waals surface area (Å²) >= 11 is 0. The van der Waals surface area contributed by atoms with Gasteiger partial charge >= 0.3 is 0 Å². The number of rotatable bonds is 8. The van der Waals surface area contributed by atoms with Gasteiger partial charge in [0.1, 0.15) is 0 Å². The fourth-order valence-electron chi connectivity index (χ4n) is 6.94. The van der Waals surface area contributed by atoms with Crippen molar-refractivity contribution in [2.75, 3.05) is 0 Å². The molecule has 0 saturated carbocycles. The van der Waals surface area contributed by atoms with Gasteiger partial charge in [-0.1, -0.05) is 200 Å². The largest absolute Gasteiger partial charge is 0.208 e. The highest BCUT2D eigenvalue weighted by atomic mass is 15.0. The molecule has 1 heterocycles. The van der Waals surface area contributed by atoms with E-state index < -0.39 is 0 Å². The van der Waals surface area contributed by atoms with E-state index in [0.29, 0.717) is 17.5 Å². The molecule has 0 radical (unpaired) electrons. The molecule has 0 bridgehead atoms. The van der Waals surface area contributed by atoms with Crippen LogP contribution in [0.3, 0.4) is 0 Å². The van der Waals surface area contributed by atoms with Gasteiger partial charge in [0.05, 0.1) is 0 Å². The van der Waals surface area contributed by atoms with Crippen LogP contribution >= 0.6 is 0 Å². The Hall–Kier alpha value is -7.23. The van der Waals surface area contributed by atoms with Gasteiger partial charge in [-0.3, -0.25) is 0 Å². The first-order chi connectivity index (χ1) is 26.7. The van der Waals surface area contributed by atoms with Crippen molar-refractivity contribution >= 4 is 0 Å². The maximum atomic E-state index is 5.12. The first kappa shape index (κ1) is 32.7. The first-order valence-electron chi connectivity index (χ1n) is 18.2. The molecule has 3 nitrogen and oxygen atoms in total. The molecule has 54 heavy (non-hydrogen) atoms. The van der Waals surface area contributed by atoms with Crippen LogP contribution in [0.25, 0.3) is 89.8 Å². The Morgan fingerprint density at radius 1 is 0.185 bits per heavy atom. The van der Waals surface area contributed by atoms with Crippen molar-refractivity contribution in [2.24, 2.45) is 0 Å². The van der Waals surface area contributed by atoms with E-state index in [2.05, 4.69) is 194 Å². The Labute approximate surface area is 316 Å². The second-order valence-electron chi connectivity index (χ2n) is 13.3. The van der Waals surface area contributed by atoms with Crippen LogP contribution in [0.5, 0.6) is 0 Å². The van der Waals surface area contributed by atoms with Crippen LogP contribution in [-0.4, -0.2) is 15.0 Å². The maximum Gasteiger partial charge on any atom is 0.164 e. The van der Waals surface area contributed by atoms with Crippen LogP contribution in [0.2, 0.25) is 0 Å². The number of benzene rings is 8. The van der Waals surface area contributed by atoms with Gasteiger partial charge in [0, 0.05) is 16.7 Å². The summed E-state index contributed by atoms with van der Waals surface area (Å²) in [6, 6.07) is 74.1. The molecule has 0 aliphatic heterocycles. The third-order valence-corrected chi connectivity index (χ3v) is 9.78. The molecule has 9 aromatic rings. The summed E-state index contributed by atoms with van der Waals surface area (Å²) < 4.78 is 0. The zero-order chi connectivity index (χ0) is 36.1. The number of hydrogen-bond donors (Lipinski definition) is 0. The van der Waals surface area contributed by atoms with E-state index in [1.165, 1.54) is 27.8 Å². The highest BCUT2D eigenvalue weighted by Gasteiger charge is 2.16. The van der Waals surface area contributed by atoms with Crippen LogP contribution in [0.4, 0.5) is 0 Å². The van der Waals surface area contributed by atoms with Crippen molar-refractivity contribution in [3.63, 3.8) is 0 Å². The van der Waals surface area contributed by atoms with Crippen molar-refractivity contribution in [1.29, 1.82) is 0 Å². The zero-order valence-corrected chi connectivity index (χ0v) is 29.5. The Bertz CT molecular complexity index is 2670. The minimum atomic E-state index is 0.628. The fourth-order valence-corrected chi connectivity index (χ4v) is 6.94.